The molecule has 0 aliphatic rings. The molecule has 0 radical (unpaired) electrons. The van der Waals surface area contributed by atoms with E-state index in [0.29, 0.717) is 17.2 Å². The van der Waals surface area contributed by atoms with E-state index in [-0.39, 0.29) is 11.3 Å². The van der Waals surface area contributed by atoms with Crippen LogP contribution in [-0.4, -0.2) is 5.91 Å². The predicted molar refractivity (Wildman–Crippen MR) is 70.1 cm³/mol. The van der Waals surface area contributed by atoms with Gasteiger partial charge in [0.1, 0.15) is 5.82 Å². The molecular formula is C13H8ClF3N2O. The molecule has 1 amide bonds. The summed E-state index contributed by atoms with van der Waals surface area (Å²) >= 11 is 5.68. The van der Waals surface area contributed by atoms with Gasteiger partial charge in [0, 0.05) is 22.8 Å². The highest BCUT2D eigenvalue weighted by Crippen LogP contribution is 2.22. The predicted octanol–water partition coefficient (Wildman–Crippen LogP) is 3.59. The number of halogens is 4. The molecule has 0 fully saturated rings. The van der Waals surface area contributed by atoms with Gasteiger partial charge in [0.25, 0.3) is 5.91 Å². The van der Waals surface area contributed by atoms with E-state index in [0.717, 1.165) is 0 Å². The van der Waals surface area contributed by atoms with Gasteiger partial charge in [0.05, 0.1) is 11.3 Å². The standard InChI is InChI=1S/C13H8ClF3N2O/c14-6-1-2-8(10(18)3-6)13(20)19-11-5-7(15)4-9(16)12(11)17/h1-5H,18H2,(H,19,20). The number of nitrogen functional groups attached to an aromatic ring is 1. The largest absolute Gasteiger partial charge is 0.398 e. The van der Waals surface area contributed by atoms with Crippen LogP contribution in [0.15, 0.2) is 30.3 Å². The van der Waals surface area contributed by atoms with Crippen molar-refractivity contribution in [1.29, 1.82) is 0 Å². The highest BCUT2D eigenvalue weighted by atomic mass is 35.5. The van der Waals surface area contributed by atoms with E-state index in [9.17, 15) is 18.0 Å². The Morgan fingerprint density at radius 1 is 1.15 bits per heavy atom. The molecule has 3 nitrogen and oxygen atoms in total. The van der Waals surface area contributed by atoms with Crippen LogP contribution in [0.5, 0.6) is 0 Å². The van der Waals surface area contributed by atoms with Crippen molar-refractivity contribution in [1.82, 2.24) is 0 Å². The van der Waals surface area contributed by atoms with Crippen molar-refractivity contribution in [2.24, 2.45) is 0 Å². The molecule has 20 heavy (non-hydrogen) atoms. The number of amides is 1. The first-order valence-corrected chi connectivity index (χ1v) is 5.77. The topological polar surface area (TPSA) is 55.1 Å². The molecule has 2 rings (SSSR count). The molecular weight excluding hydrogens is 293 g/mol. The van der Waals surface area contributed by atoms with Crippen LogP contribution in [0.4, 0.5) is 24.5 Å². The molecule has 0 bridgehead atoms. The molecule has 0 atom stereocenters. The highest BCUT2D eigenvalue weighted by molar-refractivity contribution is 6.31. The minimum Gasteiger partial charge on any atom is -0.398 e. The fourth-order valence-electron chi connectivity index (χ4n) is 1.58. The fraction of sp³-hybridized carbons (Fsp3) is 0. The van der Waals surface area contributed by atoms with Gasteiger partial charge in [0.15, 0.2) is 11.6 Å². The molecule has 0 saturated carbocycles. The summed E-state index contributed by atoms with van der Waals surface area (Å²) in [5, 5.41) is 2.37. The third-order valence-corrected chi connectivity index (χ3v) is 2.73. The maximum Gasteiger partial charge on any atom is 0.257 e. The lowest BCUT2D eigenvalue weighted by molar-refractivity contribution is 0.102. The molecule has 0 spiro atoms. The molecule has 104 valence electrons. The second-order valence-corrected chi connectivity index (χ2v) is 4.37. The molecule has 2 aromatic rings. The third kappa shape index (κ3) is 2.85. The van der Waals surface area contributed by atoms with Crippen LogP contribution in [0, 0.1) is 17.5 Å². The van der Waals surface area contributed by atoms with Gasteiger partial charge in [-0.25, -0.2) is 13.2 Å². The number of hydrogen-bond donors (Lipinski definition) is 2. The zero-order valence-corrected chi connectivity index (χ0v) is 10.6. The van der Waals surface area contributed by atoms with E-state index in [2.05, 4.69) is 5.32 Å². The van der Waals surface area contributed by atoms with Crippen molar-refractivity contribution in [3.8, 4) is 0 Å². The zero-order valence-electron chi connectivity index (χ0n) is 9.88. The average molecular weight is 301 g/mol. The Balaban J connectivity index is 2.32. The SMILES string of the molecule is Nc1cc(Cl)ccc1C(=O)Nc1cc(F)cc(F)c1F. The lowest BCUT2D eigenvalue weighted by Gasteiger charge is -2.09. The van der Waals surface area contributed by atoms with Gasteiger partial charge in [-0.05, 0) is 18.2 Å². The fourth-order valence-corrected chi connectivity index (χ4v) is 1.76. The number of nitrogens with one attached hydrogen (secondary N) is 1. The number of carbonyl (C=O) groups is 1. The van der Waals surface area contributed by atoms with Crippen molar-refractivity contribution in [2.75, 3.05) is 11.1 Å². The Morgan fingerprint density at radius 2 is 1.85 bits per heavy atom. The van der Waals surface area contributed by atoms with Gasteiger partial charge >= 0.3 is 0 Å². The van der Waals surface area contributed by atoms with Crippen molar-refractivity contribution >= 4 is 28.9 Å². The van der Waals surface area contributed by atoms with E-state index >= 15 is 0 Å². The zero-order chi connectivity index (χ0) is 14.9. The molecule has 0 aromatic heterocycles. The molecule has 2 aromatic carbocycles. The van der Waals surface area contributed by atoms with Gasteiger partial charge in [-0.15, -0.1) is 0 Å². The Bertz CT molecular complexity index is 692. The van der Waals surface area contributed by atoms with Crippen LogP contribution in [0.25, 0.3) is 0 Å². The molecule has 0 aliphatic heterocycles. The van der Waals surface area contributed by atoms with Gasteiger partial charge < -0.3 is 11.1 Å². The number of rotatable bonds is 2. The minimum atomic E-state index is -1.40. The number of benzene rings is 2. The smallest absolute Gasteiger partial charge is 0.257 e. The lowest BCUT2D eigenvalue weighted by Crippen LogP contribution is -2.15. The first-order valence-electron chi connectivity index (χ1n) is 5.39. The number of anilines is 2. The van der Waals surface area contributed by atoms with E-state index in [1.165, 1.54) is 18.2 Å². The van der Waals surface area contributed by atoms with Gasteiger partial charge in [-0.2, -0.15) is 0 Å². The second kappa shape index (κ2) is 5.42. The average Bonchev–Trinajstić information content (AvgIpc) is 2.35. The summed E-state index contributed by atoms with van der Waals surface area (Å²) in [5.41, 5.74) is 5.05. The van der Waals surface area contributed by atoms with E-state index < -0.39 is 29.0 Å². The van der Waals surface area contributed by atoms with Crippen molar-refractivity contribution in [3.63, 3.8) is 0 Å². The van der Waals surface area contributed by atoms with Crippen molar-refractivity contribution in [3.05, 3.63) is 58.4 Å². The highest BCUT2D eigenvalue weighted by Gasteiger charge is 2.16. The monoisotopic (exact) mass is 300 g/mol. The van der Waals surface area contributed by atoms with Crippen molar-refractivity contribution in [2.45, 2.75) is 0 Å². The molecule has 0 heterocycles. The lowest BCUT2D eigenvalue weighted by atomic mass is 10.1. The first kappa shape index (κ1) is 14.2. The van der Waals surface area contributed by atoms with E-state index in [1.54, 1.807) is 0 Å². The number of carbonyl (C=O) groups excluding carboxylic acids is 1. The quantitative estimate of drug-likeness (QED) is 0.658. The Kier molecular flexibility index (Phi) is 3.85. The van der Waals surface area contributed by atoms with Crippen LogP contribution in [0.3, 0.4) is 0 Å². The van der Waals surface area contributed by atoms with Crippen LogP contribution >= 0.6 is 11.6 Å². The third-order valence-electron chi connectivity index (χ3n) is 2.50. The summed E-state index contributed by atoms with van der Waals surface area (Å²) in [6.07, 6.45) is 0. The maximum atomic E-state index is 13.4. The van der Waals surface area contributed by atoms with Gasteiger partial charge in [-0.3, -0.25) is 4.79 Å². The maximum absolute atomic E-state index is 13.4. The molecule has 0 aliphatic carbocycles. The summed E-state index contributed by atoms with van der Waals surface area (Å²) < 4.78 is 39.4. The number of hydrogen-bond acceptors (Lipinski definition) is 2. The summed E-state index contributed by atoms with van der Waals surface area (Å²) in [6, 6.07) is 5.11. The normalized spacial score (nSPS) is 10.4. The summed E-state index contributed by atoms with van der Waals surface area (Å²) in [7, 11) is 0. The Labute approximate surface area is 117 Å². The van der Waals surface area contributed by atoms with E-state index in [4.69, 9.17) is 17.3 Å². The summed E-state index contributed by atoms with van der Waals surface area (Å²) in [5.74, 6) is -4.57. The minimum absolute atomic E-state index is 0.0125. The van der Waals surface area contributed by atoms with Crippen LogP contribution in [-0.2, 0) is 0 Å². The van der Waals surface area contributed by atoms with Crippen LogP contribution < -0.4 is 11.1 Å². The first-order chi connectivity index (χ1) is 9.38. The Hall–Kier alpha value is -2.21. The number of nitrogens with two attached hydrogens (primary N) is 1. The Morgan fingerprint density at radius 3 is 2.50 bits per heavy atom. The summed E-state index contributed by atoms with van der Waals surface area (Å²) in [6.45, 7) is 0. The van der Waals surface area contributed by atoms with Crippen LogP contribution in [0.1, 0.15) is 10.4 Å². The van der Waals surface area contributed by atoms with Gasteiger partial charge in [0.2, 0.25) is 0 Å². The van der Waals surface area contributed by atoms with Crippen molar-refractivity contribution < 1.29 is 18.0 Å². The summed E-state index contributed by atoms with van der Waals surface area (Å²) in [4.78, 5) is 11.9. The van der Waals surface area contributed by atoms with E-state index in [1.807, 2.05) is 0 Å². The van der Waals surface area contributed by atoms with Crippen LogP contribution in [0.2, 0.25) is 5.02 Å². The molecule has 3 N–H and O–H groups in total. The second-order valence-electron chi connectivity index (χ2n) is 3.93. The van der Waals surface area contributed by atoms with Gasteiger partial charge in [-0.1, -0.05) is 11.6 Å². The molecule has 7 heteroatoms. The molecule has 0 saturated heterocycles. The molecule has 0 unspecified atom stereocenters.